The fraction of sp³-hybridized carbons (Fsp3) is 0.133. The van der Waals surface area contributed by atoms with Gasteiger partial charge in [-0.2, -0.15) is 0 Å². The van der Waals surface area contributed by atoms with E-state index < -0.39 is 5.82 Å². The minimum absolute atomic E-state index is 0.109. The van der Waals surface area contributed by atoms with Crippen molar-refractivity contribution < 1.29 is 9.50 Å². The minimum Gasteiger partial charge on any atom is -0.508 e. The molecule has 108 valence electrons. The number of para-hydroxylation sites is 1. The Labute approximate surface area is 129 Å². The fourth-order valence-corrected chi connectivity index (χ4v) is 2.95. The average Bonchev–Trinajstić information content (AvgIpc) is 2.80. The van der Waals surface area contributed by atoms with Gasteiger partial charge in [0.2, 0.25) is 0 Å². The first kappa shape index (κ1) is 13.9. The maximum Gasteiger partial charge on any atom is 0.196 e. The van der Waals surface area contributed by atoms with Gasteiger partial charge in [0.05, 0.1) is 18.3 Å². The molecule has 1 atom stereocenters. The molecule has 0 radical (unpaired) electrons. The smallest absolute Gasteiger partial charge is 0.196 e. The number of nitrogens with two attached hydrogens (primary N) is 1. The van der Waals surface area contributed by atoms with Crippen LogP contribution < -0.4 is 10.6 Å². The van der Waals surface area contributed by atoms with E-state index in [1.54, 1.807) is 0 Å². The van der Waals surface area contributed by atoms with Crippen molar-refractivity contribution >= 4 is 27.6 Å². The van der Waals surface area contributed by atoms with E-state index in [2.05, 4.69) is 20.9 Å². The first-order valence-electron chi connectivity index (χ1n) is 6.39. The molecular weight excluding hydrogens is 337 g/mol. The molecule has 0 aliphatic carbocycles. The number of guanidine groups is 1. The summed E-state index contributed by atoms with van der Waals surface area (Å²) in [5.41, 5.74) is 7.47. The van der Waals surface area contributed by atoms with Gasteiger partial charge in [-0.3, -0.25) is 4.99 Å². The second kappa shape index (κ2) is 5.37. The van der Waals surface area contributed by atoms with Gasteiger partial charge in [0.1, 0.15) is 11.6 Å². The zero-order valence-corrected chi connectivity index (χ0v) is 12.6. The topological polar surface area (TPSA) is 61.9 Å². The third-order valence-electron chi connectivity index (χ3n) is 3.39. The number of halogens is 2. The van der Waals surface area contributed by atoms with Crippen molar-refractivity contribution in [2.75, 3.05) is 11.4 Å². The van der Waals surface area contributed by atoms with Crippen molar-refractivity contribution in [3.8, 4) is 5.75 Å². The molecule has 2 aromatic rings. The lowest BCUT2D eigenvalue weighted by Crippen LogP contribution is -2.36. The van der Waals surface area contributed by atoms with Crippen LogP contribution in [0, 0.1) is 5.82 Å². The van der Waals surface area contributed by atoms with Crippen molar-refractivity contribution in [2.24, 2.45) is 10.7 Å². The molecule has 0 amide bonds. The zero-order chi connectivity index (χ0) is 15.0. The summed E-state index contributed by atoms with van der Waals surface area (Å²) in [5, 5.41) is 9.60. The van der Waals surface area contributed by atoms with Gasteiger partial charge in [-0.05, 0) is 45.8 Å². The number of aliphatic imine (C=N–C) groups is 1. The van der Waals surface area contributed by atoms with Crippen LogP contribution in [0.1, 0.15) is 11.6 Å². The molecule has 0 fully saturated rings. The van der Waals surface area contributed by atoms with E-state index in [-0.39, 0.29) is 11.8 Å². The van der Waals surface area contributed by atoms with Crippen LogP contribution in [0.2, 0.25) is 0 Å². The van der Waals surface area contributed by atoms with Crippen LogP contribution >= 0.6 is 15.9 Å². The van der Waals surface area contributed by atoms with E-state index in [1.165, 1.54) is 12.1 Å². The Balaban J connectivity index is 2.05. The van der Waals surface area contributed by atoms with Gasteiger partial charge in [-0.25, -0.2) is 4.39 Å². The maximum atomic E-state index is 13.5. The number of hydrogen-bond donors (Lipinski definition) is 2. The Morgan fingerprint density at radius 3 is 2.76 bits per heavy atom. The molecular formula is C15H13BrFN3O. The first-order chi connectivity index (χ1) is 10.1. The van der Waals surface area contributed by atoms with Gasteiger partial charge < -0.3 is 15.7 Å². The Hall–Kier alpha value is -2.08. The van der Waals surface area contributed by atoms with Crippen molar-refractivity contribution in [2.45, 2.75) is 6.04 Å². The first-order valence-corrected chi connectivity index (χ1v) is 7.18. The highest BCUT2D eigenvalue weighted by Crippen LogP contribution is 2.36. The normalized spacial score (nSPS) is 17.9. The van der Waals surface area contributed by atoms with E-state index in [1.807, 2.05) is 29.2 Å². The van der Waals surface area contributed by atoms with Crippen LogP contribution in [0.3, 0.4) is 0 Å². The summed E-state index contributed by atoms with van der Waals surface area (Å²) in [6, 6.07) is 11.4. The summed E-state index contributed by atoms with van der Waals surface area (Å²) in [6.45, 7) is 0.413. The largest absolute Gasteiger partial charge is 0.508 e. The van der Waals surface area contributed by atoms with E-state index in [9.17, 15) is 9.50 Å². The Morgan fingerprint density at radius 2 is 2.05 bits per heavy atom. The van der Waals surface area contributed by atoms with Crippen molar-refractivity contribution in [1.82, 2.24) is 0 Å². The lowest BCUT2D eigenvalue weighted by atomic mass is 10.0. The molecule has 3 rings (SSSR count). The molecule has 1 unspecified atom stereocenters. The predicted molar refractivity (Wildman–Crippen MR) is 83.9 cm³/mol. The van der Waals surface area contributed by atoms with Gasteiger partial charge in [-0.15, -0.1) is 0 Å². The summed E-state index contributed by atoms with van der Waals surface area (Å²) >= 11 is 3.49. The Bertz CT molecular complexity index is 700. The summed E-state index contributed by atoms with van der Waals surface area (Å²) in [7, 11) is 0. The van der Waals surface area contributed by atoms with Gasteiger partial charge in [0.15, 0.2) is 5.96 Å². The number of hydrogen-bond acceptors (Lipinski definition) is 4. The van der Waals surface area contributed by atoms with Crippen LogP contribution in [0.5, 0.6) is 5.75 Å². The quantitative estimate of drug-likeness (QED) is 0.875. The SMILES string of the molecule is NC1=NCC(c2cc(O)cc(F)c2)N1c1ccccc1Br. The van der Waals surface area contributed by atoms with E-state index in [0.29, 0.717) is 18.1 Å². The van der Waals surface area contributed by atoms with E-state index in [0.717, 1.165) is 16.2 Å². The molecule has 21 heavy (non-hydrogen) atoms. The van der Waals surface area contributed by atoms with Crippen LogP contribution in [-0.4, -0.2) is 17.6 Å². The molecule has 3 N–H and O–H groups in total. The number of aromatic hydroxyl groups is 1. The molecule has 1 aliphatic rings. The third kappa shape index (κ3) is 2.58. The Morgan fingerprint density at radius 1 is 1.29 bits per heavy atom. The molecule has 1 aliphatic heterocycles. The number of nitrogens with zero attached hydrogens (tertiary/aromatic N) is 2. The maximum absolute atomic E-state index is 13.5. The number of rotatable bonds is 2. The van der Waals surface area contributed by atoms with Crippen molar-refractivity contribution in [3.05, 3.63) is 58.3 Å². The number of phenolic OH excluding ortho intramolecular Hbond substituents is 1. The van der Waals surface area contributed by atoms with E-state index in [4.69, 9.17) is 5.73 Å². The van der Waals surface area contributed by atoms with Gasteiger partial charge in [-0.1, -0.05) is 12.1 Å². The van der Waals surface area contributed by atoms with Gasteiger partial charge in [0.25, 0.3) is 0 Å². The summed E-state index contributed by atoms with van der Waals surface area (Å²) in [6.07, 6.45) is 0. The lowest BCUT2D eigenvalue weighted by Gasteiger charge is -2.27. The molecule has 1 heterocycles. The number of benzene rings is 2. The molecule has 6 heteroatoms. The molecule has 0 bridgehead atoms. The van der Waals surface area contributed by atoms with Crippen LogP contribution in [-0.2, 0) is 0 Å². The van der Waals surface area contributed by atoms with Crippen LogP contribution in [0.15, 0.2) is 51.9 Å². The van der Waals surface area contributed by atoms with E-state index >= 15 is 0 Å². The van der Waals surface area contributed by atoms with Gasteiger partial charge >= 0.3 is 0 Å². The number of phenols is 1. The van der Waals surface area contributed by atoms with Crippen molar-refractivity contribution in [3.63, 3.8) is 0 Å². The monoisotopic (exact) mass is 349 g/mol. The summed E-state index contributed by atoms with van der Waals surface area (Å²) in [4.78, 5) is 6.08. The van der Waals surface area contributed by atoms with Crippen LogP contribution in [0.25, 0.3) is 0 Å². The highest BCUT2D eigenvalue weighted by Gasteiger charge is 2.30. The standard InChI is InChI=1S/C15H13BrFN3O/c16-12-3-1-2-4-13(12)20-14(8-19-15(20)18)9-5-10(17)7-11(21)6-9/h1-7,14,21H,8H2,(H2,18,19). The highest BCUT2D eigenvalue weighted by molar-refractivity contribution is 9.10. The molecule has 4 nitrogen and oxygen atoms in total. The third-order valence-corrected chi connectivity index (χ3v) is 4.06. The predicted octanol–water partition coefficient (Wildman–Crippen LogP) is 3.17. The fourth-order valence-electron chi connectivity index (χ4n) is 2.48. The second-order valence-corrected chi connectivity index (χ2v) is 5.63. The zero-order valence-electron chi connectivity index (χ0n) is 11.0. The summed E-state index contributed by atoms with van der Waals surface area (Å²) in [5.74, 6) is -0.222. The number of anilines is 1. The van der Waals surface area contributed by atoms with Crippen molar-refractivity contribution in [1.29, 1.82) is 0 Å². The Kier molecular flexibility index (Phi) is 3.55. The minimum atomic E-state index is -0.484. The lowest BCUT2D eigenvalue weighted by molar-refractivity contribution is 0.467. The van der Waals surface area contributed by atoms with Gasteiger partial charge in [0, 0.05) is 10.5 Å². The second-order valence-electron chi connectivity index (χ2n) is 4.78. The molecule has 0 saturated heterocycles. The van der Waals surface area contributed by atoms with Crippen LogP contribution in [0.4, 0.5) is 10.1 Å². The summed E-state index contributed by atoms with van der Waals surface area (Å²) < 4.78 is 14.4. The molecule has 0 saturated carbocycles. The molecule has 2 aromatic carbocycles. The molecule has 0 aromatic heterocycles. The average molecular weight is 350 g/mol. The highest BCUT2D eigenvalue weighted by atomic mass is 79.9. The molecule has 0 spiro atoms.